The van der Waals surface area contributed by atoms with Crippen molar-refractivity contribution < 1.29 is 0 Å². The Balaban J connectivity index is 2.34. The summed E-state index contributed by atoms with van der Waals surface area (Å²) in [6.45, 7) is 10.9. The molecule has 0 aromatic carbocycles. The third-order valence-electron chi connectivity index (χ3n) is 4.64. The first-order valence-corrected chi connectivity index (χ1v) is 7.06. The Morgan fingerprint density at radius 3 is 2.50 bits per heavy atom. The monoisotopic (exact) mass is 226 g/mol. The van der Waals surface area contributed by atoms with Crippen LogP contribution in [0.1, 0.15) is 52.9 Å². The zero-order chi connectivity index (χ0) is 12.0. The maximum Gasteiger partial charge on any atom is 0.00676 e. The molecule has 96 valence electrons. The number of hydrogen-bond donors (Lipinski definition) is 1. The molecule has 0 saturated carbocycles. The van der Waals surface area contributed by atoms with Crippen LogP contribution in [0.15, 0.2) is 0 Å². The molecule has 16 heavy (non-hydrogen) atoms. The van der Waals surface area contributed by atoms with E-state index in [2.05, 4.69) is 31.0 Å². The molecule has 0 amide bonds. The van der Waals surface area contributed by atoms with Gasteiger partial charge in [0, 0.05) is 12.6 Å². The van der Waals surface area contributed by atoms with Gasteiger partial charge in [-0.05, 0) is 64.6 Å². The fraction of sp³-hybridized carbons (Fsp3) is 1.00. The van der Waals surface area contributed by atoms with E-state index in [4.69, 9.17) is 0 Å². The quantitative estimate of drug-likeness (QED) is 0.672. The first kappa shape index (κ1) is 14.0. The highest BCUT2D eigenvalue weighted by molar-refractivity contribution is 4.89. The average molecular weight is 226 g/mol. The van der Waals surface area contributed by atoms with E-state index < -0.39 is 0 Å². The predicted octanol–water partition coefficient (Wildman–Crippen LogP) is 2.89. The molecule has 1 atom stereocenters. The SMILES string of the molecule is CCC1(CC)CCN(C(C)CCCNC)C1. The minimum Gasteiger partial charge on any atom is -0.320 e. The molecule has 1 N–H and O–H groups in total. The zero-order valence-electron chi connectivity index (χ0n) is 11.7. The summed E-state index contributed by atoms with van der Waals surface area (Å²) in [5.74, 6) is 0. The second kappa shape index (κ2) is 6.61. The van der Waals surface area contributed by atoms with Crippen molar-refractivity contribution in [3.63, 3.8) is 0 Å². The highest BCUT2D eigenvalue weighted by Gasteiger charge is 2.36. The summed E-state index contributed by atoms with van der Waals surface area (Å²) in [5, 5.41) is 3.23. The molecule has 0 bridgehead atoms. The van der Waals surface area contributed by atoms with Gasteiger partial charge in [0.05, 0.1) is 0 Å². The fourth-order valence-electron chi connectivity index (χ4n) is 2.93. The topological polar surface area (TPSA) is 15.3 Å². The van der Waals surface area contributed by atoms with Crippen LogP contribution in [0.5, 0.6) is 0 Å². The smallest absolute Gasteiger partial charge is 0.00676 e. The molecular formula is C14H30N2. The Kier molecular flexibility index (Phi) is 5.77. The summed E-state index contributed by atoms with van der Waals surface area (Å²) in [5.41, 5.74) is 0.636. The third-order valence-corrected chi connectivity index (χ3v) is 4.64. The lowest BCUT2D eigenvalue weighted by atomic mass is 9.82. The van der Waals surface area contributed by atoms with Gasteiger partial charge in [-0.1, -0.05) is 13.8 Å². The lowest BCUT2D eigenvalue weighted by Crippen LogP contribution is -2.34. The Morgan fingerprint density at radius 1 is 1.31 bits per heavy atom. The standard InChI is InChI=1S/C14H30N2/c1-5-14(6-2)9-11-16(12-14)13(3)8-7-10-15-4/h13,15H,5-12H2,1-4H3. The minimum absolute atomic E-state index is 0.636. The minimum atomic E-state index is 0.636. The maximum atomic E-state index is 3.23. The Morgan fingerprint density at radius 2 is 2.00 bits per heavy atom. The van der Waals surface area contributed by atoms with Crippen molar-refractivity contribution >= 4 is 0 Å². The summed E-state index contributed by atoms with van der Waals surface area (Å²) < 4.78 is 0. The van der Waals surface area contributed by atoms with Crippen molar-refractivity contribution in [3.8, 4) is 0 Å². The molecule has 0 radical (unpaired) electrons. The molecule has 0 aromatic rings. The van der Waals surface area contributed by atoms with E-state index >= 15 is 0 Å². The third kappa shape index (κ3) is 3.46. The van der Waals surface area contributed by atoms with Gasteiger partial charge < -0.3 is 10.2 Å². The first-order chi connectivity index (χ1) is 7.67. The van der Waals surface area contributed by atoms with E-state index in [1.807, 2.05) is 7.05 Å². The Bertz CT molecular complexity index is 187. The van der Waals surface area contributed by atoms with Crippen molar-refractivity contribution in [2.75, 3.05) is 26.7 Å². The van der Waals surface area contributed by atoms with Crippen LogP contribution < -0.4 is 5.32 Å². The summed E-state index contributed by atoms with van der Waals surface area (Å²) in [6, 6.07) is 0.772. The van der Waals surface area contributed by atoms with Crippen molar-refractivity contribution in [1.29, 1.82) is 0 Å². The largest absolute Gasteiger partial charge is 0.320 e. The fourth-order valence-corrected chi connectivity index (χ4v) is 2.93. The van der Waals surface area contributed by atoms with Crippen LogP contribution in [0.3, 0.4) is 0 Å². The molecule has 0 spiro atoms. The van der Waals surface area contributed by atoms with Crippen molar-refractivity contribution in [2.24, 2.45) is 5.41 Å². The van der Waals surface area contributed by atoms with Crippen LogP contribution in [0.4, 0.5) is 0 Å². The van der Waals surface area contributed by atoms with Gasteiger partial charge in [-0.25, -0.2) is 0 Å². The predicted molar refractivity (Wildman–Crippen MR) is 71.8 cm³/mol. The van der Waals surface area contributed by atoms with Crippen molar-refractivity contribution in [2.45, 2.75) is 58.9 Å². The lowest BCUT2D eigenvalue weighted by Gasteiger charge is -2.29. The van der Waals surface area contributed by atoms with Crippen LogP contribution in [-0.2, 0) is 0 Å². The van der Waals surface area contributed by atoms with Crippen molar-refractivity contribution in [3.05, 3.63) is 0 Å². The summed E-state index contributed by atoms with van der Waals surface area (Å²) in [7, 11) is 2.04. The van der Waals surface area contributed by atoms with E-state index in [0.717, 1.165) is 12.6 Å². The highest BCUT2D eigenvalue weighted by Crippen LogP contribution is 2.38. The van der Waals surface area contributed by atoms with Gasteiger partial charge in [-0.2, -0.15) is 0 Å². The number of likely N-dealkylation sites (tertiary alicyclic amines) is 1. The maximum absolute atomic E-state index is 3.23. The first-order valence-electron chi connectivity index (χ1n) is 7.06. The van der Waals surface area contributed by atoms with Gasteiger partial charge in [0.1, 0.15) is 0 Å². The number of nitrogens with zero attached hydrogens (tertiary/aromatic N) is 1. The van der Waals surface area contributed by atoms with E-state index in [9.17, 15) is 0 Å². The van der Waals surface area contributed by atoms with Gasteiger partial charge in [-0.3, -0.25) is 0 Å². The average Bonchev–Trinajstić information content (AvgIpc) is 2.74. The van der Waals surface area contributed by atoms with Gasteiger partial charge in [-0.15, -0.1) is 0 Å². The molecule has 1 saturated heterocycles. The molecule has 0 aliphatic carbocycles. The van der Waals surface area contributed by atoms with E-state index in [1.54, 1.807) is 0 Å². The van der Waals surface area contributed by atoms with Crippen LogP contribution in [0.25, 0.3) is 0 Å². The highest BCUT2D eigenvalue weighted by atomic mass is 15.2. The Hall–Kier alpha value is -0.0800. The van der Waals surface area contributed by atoms with E-state index in [1.165, 1.54) is 45.2 Å². The molecule has 1 fully saturated rings. The molecule has 2 nitrogen and oxygen atoms in total. The molecule has 1 heterocycles. The lowest BCUT2D eigenvalue weighted by molar-refractivity contribution is 0.194. The molecule has 1 aliphatic rings. The molecule has 1 aliphatic heterocycles. The number of rotatable bonds is 7. The molecule has 0 aromatic heterocycles. The van der Waals surface area contributed by atoms with Gasteiger partial charge >= 0.3 is 0 Å². The number of hydrogen-bond acceptors (Lipinski definition) is 2. The van der Waals surface area contributed by atoms with Crippen LogP contribution >= 0.6 is 0 Å². The zero-order valence-corrected chi connectivity index (χ0v) is 11.7. The van der Waals surface area contributed by atoms with E-state index in [0.29, 0.717) is 5.41 Å². The van der Waals surface area contributed by atoms with Gasteiger partial charge in [0.2, 0.25) is 0 Å². The second-order valence-electron chi connectivity index (χ2n) is 5.52. The summed E-state index contributed by atoms with van der Waals surface area (Å²) in [6.07, 6.45) is 6.76. The molecule has 2 heteroatoms. The van der Waals surface area contributed by atoms with Gasteiger partial charge in [0.25, 0.3) is 0 Å². The number of nitrogens with one attached hydrogen (secondary N) is 1. The molecule has 1 rings (SSSR count). The van der Waals surface area contributed by atoms with Crippen molar-refractivity contribution in [1.82, 2.24) is 10.2 Å². The van der Waals surface area contributed by atoms with Crippen LogP contribution in [0.2, 0.25) is 0 Å². The Labute approximate surface area is 102 Å². The summed E-state index contributed by atoms with van der Waals surface area (Å²) >= 11 is 0. The summed E-state index contributed by atoms with van der Waals surface area (Å²) in [4.78, 5) is 2.71. The molecular weight excluding hydrogens is 196 g/mol. The normalized spacial score (nSPS) is 22.5. The second-order valence-corrected chi connectivity index (χ2v) is 5.52. The molecule has 1 unspecified atom stereocenters. The van der Waals surface area contributed by atoms with E-state index in [-0.39, 0.29) is 0 Å². The van der Waals surface area contributed by atoms with Gasteiger partial charge in [0.15, 0.2) is 0 Å². The van der Waals surface area contributed by atoms with Crippen LogP contribution in [0, 0.1) is 5.41 Å². The van der Waals surface area contributed by atoms with Crippen LogP contribution in [-0.4, -0.2) is 37.6 Å².